The molecule has 0 saturated carbocycles. The Morgan fingerprint density at radius 1 is 1.47 bits per heavy atom. The second-order valence-corrected chi connectivity index (χ2v) is 6.32. The van der Waals surface area contributed by atoms with Crippen LogP contribution in [0, 0.1) is 5.92 Å². The maximum absolute atomic E-state index is 5.30. The molecule has 1 fully saturated rings. The lowest BCUT2D eigenvalue weighted by molar-refractivity contribution is 0.253. The Labute approximate surface area is 124 Å². The zero-order chi connectivity index (χ0) is 13.8. The van der Waals surface area contributed by atoms with Crippen molar-refractivity contribution < 1.29 is 4.74 Å². The van der Waals surface area contributed by atoms with Gasteiger partial charge in [-0.3, -0.25) is 0 Å². The van der Waals surface area contributed by atoms with E-state index < -0.39 is 0 Å². The SMILES string of the molecule is COc1ccc(C(CC2CCNC2)N(C)C)cc1Br. The van der Waals surface area contributed by atoms with E-state index in [0.717, 1.165) is 29.2 Å². The number of rotatable bonds is 5. The smallest absolute Gasteiger partial charge is 0.133 e. The molecule has 0 aliphatic carbocycles. The van der Waals surface area contributed by atoms with Gasteiger partial charge in [0.15, 0.2) is 0 Å². The predicted molar refractivity (Wildman–Crippen MR) is 82.7 cm³/mol. The minimum atomic E-state index is 0.465. The molecule has 4 heteroatoms. The first kappa shape index (κ1) is 14.8. The van der Waals surface area contributed by atoms with Gasteiger partial charge in [0.2, 0.25) is 0 Å². The molecule has 1 saturated heterocycles. The maximum atomic E-state index is 5.30. The Hall–Kier alpha value is -0.580. The van der Waals surface area contributed by atoms with E-state index in [0.29, 0.717) is 6.04 Å². The lowest BCUT2D eigenvalue weighted by atomic mass is 9.93. The fourth-order valence-corrected chi connectivity index (χ4v) is 3.32. The normalized spacial score (nSPS) is 20.8. The molecule has 1 heterocycles. The van der Waals surface area contributed by atoms with Gasteiger partial charge in [0, 0.05) is 6.04 Å². The van der Waals surface area contributed by atoms with Crippen LogP contribution in [0.5, 0.6) is 5.75 Å². The number of ether oxygens (including phenoxy) is 1. The Morgan fingerprint density at radius 2 is 2.26 bits per heavy atom. The van der Waals surface area contributed by atoms with E-state index in [-0.39, 0.29) is 0 Å². The number of nitrogens with one attached hydrogen (secondary N) is 1. The third-order valence-corrected chi connectivity index (χ3v) is 4.52. The molecule has 0 radical (unpaired) electrons. The number of methoxy groups -OCH3 is 1. The summed E-state index contributed by atoms with van der Waals surface area (Å²) in [6.07, 6.45) is 2.50. The Kier molecular flexibility index (Phi) is 5.25. The zero-order valence-corrected chi connectivity index (χ0v) is 13.5. The Balaban J connectivity index is 2.15. The van der Waals surface area contributed by atoms with Gasteiger partial charge in [0.05, 0.1) is 11.6 Å². The molecular formula is C15H23BrN2O. The molecule has 1 aromatic rings. The molecule has 1 N–H and O–H groups in total. The second-order valence-electron chi connectivity index (χ2n) is 5.47. The third-order valence-electron chi connectivity index (χ3n) is 3.90. The molecule has 2 rings (SSSR count). The van der Waals surface area contributed by atoms with Crippen LogP contribution >= 0.6 is 15.9 Å². The summed E-state index contributed by atoms with van der Waals surface area (Å²) in [5.74, 6) is 1.68. The van der Waals surface area contributed by atoms with Crippen molar-refractivity contribution in [2.75, 3.05) is 34.3 Å². The Morgan fingerprint density at radius 3 is 2.79 bits per heavy atom. The van der Waals surface area contributed by atoms with Crippen molar-refractivity contribution in [1.29, 1.82) is 0 Å². The molecular weight excluding hydrogens is 304 g/mol. The number of hydrogen-bond donors (Lipinski definition) is 1. The predicted octanol–water partition coefficient (Wildman–Crippen LogP) is 3.06. The van der Waals surface area contributed by atoms with Gasteiger partial charge in [-0.05, 0) is 79.6 Å². The van der Waals surface area contributed by atoms with Crippen molar-refractivity contribution in [1.82, 2.24) is 10.2 Å². The van der Waals surface area contributed by atoms with Crippen LogP contribution in [0.2, 0.25) is 0 Å². The van der Waals surface area contributed by atoms with Gasteiger partial charge in [0.1, 0.15) is 5.75 Å². The average molecular weight is 327 g/mol. The quantitative estimate of drug-likeness (QED) is 0.900. The van der Waals surface area contributed by atoms with E-state index in [1.807, 2.05) is 6.07 Å². The van der Waals surface area contributed by atoms with Crippen molar-refractivity contribution >= 4 is 15.9 Å². The minimum absolute atomic E-state index is 0.465. The first-order chi connectivity index (χ1) is 9.11. The summed E-state index contributed by atoms with van der Waals surface area (Å²) < 4.78 is 6.33. The fourth-order valence-electron chi connectivity index (χ4n) is 2.77. The third kappa shape index (κ3) is 3.71. The molecule has 3 nitrogen and oxygen atoms in total. The maximum Gasteiger partial charge on any atom is 0.133 e. The molecule has 19 heavy (non-hydrogen) atoms. The summed E-state index contributed by atoms with van der Waals surface area (Å²) in [6.45, 7) is 2.32. The molecule has 106 valence electrons. The van der Waals surface area contributed by atoms with E-state index in [1.54, 1.807) is 7.11 Å². The summed E-state index contributed by atoms with van der Waals surface area (Å²) in [6, 6.07) is 6.87. The molecule has 1 aliphatic rings. The van der Waals surface area contributed by atoms with Crippen molar-refractivity contribution in [3.05, 3.63) is 28.2 Å². The molecule has 2 unspecified atom stereocenters. The van der Waals surface area contributed by atoms with Crippen LogP contribution in [0.3, 0.4) is 0 Å². The first-order valence-corrected chi connectivity index (χ1v) is 7.61. The topological polar surface area (TPSA) is 24.5 Å². The summed E-state index contributed by atoms with van der Waals surface area (Å²) in [7, 11) is 6.02. The van der Waals surface area contributed by atoms with E-state index in [1.165, 1.54) is 18.4 Å². The summed E-state index contributed by atoms with van der Waals surface area (Å²) >= 11 is 3.58. The molecule has 1 aliphatic heterocycles. The summed E-state index contributed by atoms with van der Waals surface area (Å²) in [4.78, 5) is 2.31. The van der Waals surface area contributed by atoms with Crippen LogP contribution in [-0.2, 0) is 0 Å². The van der Waals surface area contributed by atoms with Gasteiger partial charge in [0.25, 0.3) is 0 Å². The zero-order valence-electron chi connectivity index (χ0n) is 11.9. The van der Waals surface area contributed by atoms with Crippen molar-refractivity contribution in [3.8, 4) is 5.75 Å². The van der Waals surface area contributed by atoms with Gasteiger partial charge < -0.3 is 15.0 Å². The van der Waals surface area contributed by atoms with E-state index >= 15 is 0 Å². The van der Waals surface area contributed by atoms with Gasteiger partial charge in [-0.15, -0.1) is 0 Å². The largest absolute Gasteiger partial charge is 0.496 e. The highest BCUT2D eigenvalue weighted by molar-refractivity contribution is 9.10. The first-order valence-electron chi connectivity index (χ1n) is 6.82. The van der Waals surface area contributed by atoms with Crippen LogP contribution < -0.4 is 10.1 Å². The Bertz CT molecular complexity index is 417. The summed E-state index contributed by atoms with van der Waals surface area (Å²) in [5, 5.41) is 3.45. The van der Waals surface area contributed by atoms with Crippen LogP contribution in [0.4, 0.5) is 0 Å². The molecule has 0 aromatic heterocycles. The van der Waals surface area contributed by atoms with Gasteiger partial charge in [-0.2, -0.15) is 0 Å². The molecule has 0 spiro atoms. The van der Waals surface area contributed by atoms with Crippen LogP contribution in [0.15, 0.2) is 22.7 Å². The average Bonchev–Trinajstić information content (AvgIpc) is 2.88. The molecule has 0 amide bonds. The van der Waals surface area contributed by atoms with Crippen LogP contribution in [0.1, 0.15) is 24.4 Å². The van der Waals surface area contributed by atoms with E-state index in [9.17, 15) is 0 Å². The minimum Gasteiger partial charge on any atom is -0.496 e. The van der Waals surface area contributed by atoms with E-state index in [2.05, 4.69) is 52.4 Å². The number of nitrogens with zero attached hydrogens (tertiary/aromatic N) is 1. The highest BCUT2D eigenvalue weighted by atomic mass is 79.9. The molecule has 1 aromatic carbocycles. The second kappa shape index (κ2) is 6.73. The van der Waals surface area contributed by atoms with Gasteiger partial charge in [-0.25, -0.2) is 0 Å². The van der Waals surface area contributed by atoms with Gasteiger partial charge >= 0.3 is 0 Å². The van der Waals surface area contributed by atoms with Crippen molar-refractivity contribution in [2.45, 2.75) is 18.9 Å². The molecule has 0 bridgehead atoms. The highest BCUT2D eigenvalue weighted by Gasteiger charge is 2.23. The van der Waals surface area contributed by atoms with Crippen molar-refractivity contribution in [3.63, 3.8) is 0 Å². The number of halogens is 1. The monoisotopic (exact) mass is 326 g/mol. The lowest BCUT2D eigenvalue weighted by Crippen LogP contribution is -2.23. The van der Waals surface area contributed by atoms with Crippen molar-refractivity contribution in [2.24, 2.45) is 5.92 Å². The van der Waals surface area contributed by atoms with Crippen LogP contribution in [-0.4, -0.2) is 39.2 Å². The highest BCUT2D eigenvalue weighted by Crippen LogP contribution is 2.33. The standard InChI is InChI=1S/C15H23BrN2O/c1-18(2)14(8-11-6-7-17-10-11)12-4-5-15(19-3)13(16)9-12/h4-5,9,11,14,17H,6-8,10H2,1-3H3. The lowest BCUT2D eigenvalue weighted by Gasteiger charge is -2.27. The van der Waals surface area contributed by atoms with E-state index in [4.69, 9.17) is 4.74 Å². The van der Waals surface area contributed by atoms with Gasteiger partial charge in [-0.1, -0.05) is 6.07 Å². The molecule has 2 atom stereocenters. The fraction of sp³-hybridized carbons (Fsp3) is 0.600. The summed E-state index contributed by atoms with van der Waals surface area (Å²) in [5.41, 5.74) is 1.35. The number of hydrogen-bond acceptors (Lipinski definition) is 3. The number of benzene rings is 1. The van der Waals surface area contributed by atoms with Crippen LogP contribution in [0.25, 0.3) is 0 Å².